The van der Waals surface area contributed by atoms with E-state index in [1.54, 1.807) is 0 Å². The molecule has 0 aromatic carbocycles. The summed E-state index contributed by atoms with van der Waals surface area (Å²) in [5.41, 5.74) is 0. The van der Waals surface area contributed by atoms with Crippen LogP contribution in [0.25, 0.3) is 0 Å². The van der Waals surface area contributed by atoms with Crippen LogP contribution in [0.15, 0.2) is 0 Å². The van der Waals surface area contributed by atoms with Crippen molar-refractivity contribution in [2.75, 3.05) is 0 Å². The van der Waals surface area contributed by atoms with Crippen molar-refractivity contribution in [1.82, 2.24) is 0 Å². The molecule has 0 fully saturated rings. The van der Waals surface area contributed by atoms with E-state index in [1.807, 2.05) is 13.8 Å². The molecule has 0 aliphatic heterocycles. The molecule has 1 radical (unpaired) electrons. The number of carboxylic acid groups (broad SMARTS) is 1. The summed E-state index contributed by atoms with van der Waals surface area (Å²) in [5, 5.41) is 9.03. The molecule has 2 nitrogen and oxygen atoms in total. The van der Waals surface area contributed by atoms with Gasteiger partial charge in [-0.3, -0.25) is 0 Å². The first-order valence-corrected chi connectivity index (χ1v) is 4.92. The number of hydrogen-bond donors (Lipinski definition) is 1. The van der Waals surface area contributed by atoms with Gasteiger partial charge in [0.25, 0.3) is 0 Å². The van der Waals surface area contributed by atoms with Crippen LogP contribution in [0.4, 0.5) is 4.79 Å². The van der Waals surface area contributed by atoms with Crippen LogP contribution in [-0.4, -0.2) is 25.6 Å². The van der Waals surface area contributed by atoms with Crippen LogP contribution >= 0.6 is 0 Å². The quantitative estimate of drug-likeness (QED) is 0.656. The van der Waals surface area contributed by atoms with Gasteiger partial charge in [0, 0.05) is 0 Å². The van der Waals surface area contributed by atoms with E-state index in [2.05, 4.69) is 0 Å². The van der Waals surface area contributed by atoms with Gasteiger partial charge in [0.2, 0.25) is 0 Å². The summed E-state index contributed by atoms with van der Waals surface area (Å²) >= 11 is -0.713. The molecule has 0 rings (SSSR count). The molecule has 0 aliphatic carbocycles. The molecule has 0 spiro atoms. The van der Waals surface area contributed by atoms with Crippen LogP contribution in [0.1, 0.15) is 13.8 Å². The molecule has 47 valence electrons. The molecule has 0 bridgehead atoms. The molecule has 0 saturated heterocycles. The van der Waals surface area contributed by atoms with E-state index in [9.17, 15) is 4.79 Å². The molecule has 0 heterocycles. The van der Waals surface area contributed by atoms with E-state index in [4.69, 9.17) is 5.11 Å². The normalized spacial score (nSPS) is 11.4. The van der Waals surface area contributed by atoms with Crippen molar-refractivity contribution in [3.8, 4) is 0 Å². The Morgan fingerprint density at radius 1 is 1.62 bits per heavy atom. The van der Waals surface area contributed by atoms with Gasteiger partial charge < -0.3 is 0 Å². The van der Waals surface area contributed by atoms with E-state index in [0.717, 1.165) is 5.21 Å². The number of hydrogen-bond acceptors (Lipinski definition) is 1. The molecule has 1 unspecified atom stereocenters. The van der Waals surface area contributed by atoms with Crippen LogP contribution in [0.5, 0.6) is 0 Å². The zero-order valence-electron chi connectivity index (χ0n) is 5.06. The van der Waals surface area contributed by atoms with Crippen LogP contribution in [0.2, 0.25) is 5.21 Å². The molecule has 0 aromatic rings. The second-order valence-corrected chi connectivity index (χ2v) is 4.25. The number of rotatable bonds is 3. The Morgan fingerprint density at radius 2 is 2.12 bits per heavy atom. The summed E-state index contributed by atoms with van der Waals surface area (Å²) in [5.74, 6) is 1.23. The average molecular weight is 177 g/mol. The molecule has 1 atom stereocenters. The fourth-order valence-electron chi connectivity index (χ4n) is 0.252. The van der Waals surface area contributed by atoms with Crippen molar-refractivity contribution in [2.45, 2.75) is 19.1 Å². The second-order valence-electron chi connectivity index (χ2n) is 1.87. The zero-order valence-corrected chi connectivity index (χ0v) is 7.16. The van der Waals surface area contributed by atoms with Crippen molar-refractivity contribution in [3.63, 3.8) is 0 Å². The maximum atomic E-state index is 9.95. The Balaban J connectivity index is 3.05. The molecule has 1 N–H and O–H groups in total. The monoisotopic (exact) mass is 177 g/mol. The fraction of sp³-hybridized carbons (Fsp3) is 0.600. The average Bonchev–Trinajstić information content (AvgIpc) is 1.61. The molecule has 3 heteroatoms. The fourth-order valence-corrected chi connectivity index (χ4v) is 1.31. The van der Waals surface area contributed by atoms with Crippen molar-refractivity contribution in [1.29, 1.82) is 0 Å². The van der Waals surface area contributed by atoms with Crippen molar-refractivity contribution < 1.29 is 9.90 Å². The Labute approximate surface area is 56.0 Å². The summed E-state index contributed by atoms with van der Waals surface area (Å²) in [4.78, 5) is 9.95. The molecular formula is C5H10AsO2. The van der Waals surface area contributed by atoms with Crippen LogP contribution < -0.4 is 0 Å². The maximum absolute atomic E-state index is 9.95. The molecule has 0 amide bonds. The van der Waals surface area contributed by atoms with Gasteiger partial charge in [-0.25, -0.2) is 0 Å². The third-order valence-electron chi connectivity index (χ3n) is 0.593. The minimum atomic E-state index is -0.713. The molecule has 0 aromatic heterocycles. The van der Waals surface area contributed by atoms with Crippen molar-refractivity contribution >= 4 is 20.5 Å². The first-order chi connectivity index (χ1) is 3.63. The summed E-state index contributed by atoms with van der Waals surface area (Å²) in [6.07, 6.45) is 0. The minimum absolute atomic E-state index is 0.591. The van der Waals surface area contributed by atoms with E-state index < -0.39 is 20.5 Å². The van der Waals surface area contributed by atoms with Crippen LogP contribution in [0, 0.1) is 5.92 Å². The van der Waals surface area contributed by atoms with E-state index >= 15 is 0 Å². The van der Waals surface area contributed by atoms with E-state index in [1.165, 1.54) is 5.92 Å². The Bertz CT molecular complexity index is 80.5. The third-order valence-corrected chi connectivity index (χ3v) is 3.08. The van der Waals surface area contributed by atoms with E-state index in [-0.39, 0.29) is 0 Å². The van der Waals surface area contributed by atoms with Gasteiger partial charge in [-0.1, -0.05) is 0 Å². The van der Waals surface area contributed by atoms with Gasteiger partial charge in [0.15, 0.2) is 0 Å². The van der Waals surface area contributed by atoms with Gasteiger partial charge in [0.05, 0.1) is 0 Å². The molecule has 8 heavy (non-hydrogen) atoms. The van der Waals surface area contributed by atoms with Gasteiger partial charge in [-0.2, -0.15) is 0 Å². The van der Waals surface area contributed by atoms with Crippen LogP contribution in [0.3, 0.4) is 0 Å². The van der Waals surface area contributed by atoms with Gasteiger partial charge in [-0.15, -0.1) is 0 Å². The molecule has 0 aliphatic rings. The SMILES string of the molecule is C[C](C)C[AsH]C(=O)O. The van der Waals surface area contributed by atoms with Crippen molar-refractivity contribution in [3.05, 3.63) is 5.92 Å². The van der Waals surface area contributed by atoms with E-state index in [0.29, 0.717) is 0 Å². The summed E-state index contributed by atoms with van der Waals surface area (Å²) in [7, 11) is 0. The van der Waals surface area contributed by atoms with Crippen molar-refractivity contribution in [2.24, 2.45) is 0 Å². The summed E-state index contributed by atoms with van der Waals surface area (Å²) in [6.45, 7) is 3.93. The third kappa shape index (κ3) is 6.03. The molecule has 0 saturated carbocycles. The molecular weight excluding hydrogens is 167 g/mol. The summed E-state index contributed by atoms with van der Waals surface area (Å²) < 4.78 is -0.591. The predicted octanol–water partition coefficient (Wildman–Crippen LogP) is 1.13. The Morgan fingerprint density at radius 3 is 2.25 bits per heavy atom. The Hall–Kier alpha value is 0.0284. The first kappa shape index (κ1) is 8.03. The van der Waals surface area contributed by atoms with Gasteiger partial charge in [-0.05, 0) is 0 Å². The zero-order chi connectivity index (χ0) is 6.57. The first-order valence-electron chi connectivity index (χ1n) is 2.38. The van der Waals surface area contributed by atoms with Gasteiger partial charge >= 0.3 is 55.4 Å². The predicted molar refractivity (Wildman–Crippen MR) is 34.6 cm³/mol. The standard InChI is InChI=1S/C5H10AsO2/c1-4(2)3-6-5(7)8/h6H,3H2,1-2H3,(H,7,8). The van der Waals surface area contributed by atoms with Gasteiger partial charge in [0.1, 0.15) is 0 Å². The number of carbonyl (C=O) groups is 1. The topological polar surface area (TPSA) is 37.3 Å². The van der Waals surface area contributed by atoms with Crippen LogP contribution in [-0.2, 0) is 0 Å². The summed E-state index contributed by atoms with van der Waals surface area (Å²) in [6, 6.07) is 0. The Kier molecular flexibility index (Phi) is 3.98. The second kappa shape index (κ2) is 3.96.